The molecule has 0 aromatic heterocycles. The molecule has 3 heteroatoms. The summed E-state index contributed by atoms with van der Waals surface area (Å²) in [6.07, 6.45) is 2.67. The van der Waals surface area contributed by atoms with Crippen LogP contribution in [0.4, 0.5) is 0 Å². The normalized spacial score (nSPS) is 14.9. The molecule has 1 N–H and O–H groups in total. The van der Waals surface area contributed by atoms with E-state index in [4.69, 9.17) is 0 Å². The quantitative estimate of drug-likeness (QED) is 0.663. The van der Waals surface area contributed by atoms with Gasteiger partial charge in [0.1, 0.15) is 6.29 Å². The van der Waals surface area contributed by atoms with Gasteiger partial charge in [-0.3, -0.25) is 4.79 Å². The van der Waals surface area contributed by atoms with E-state index in [0.29, 0.717) is 0 Å². The number of carbonyl (C=O) groups is 2. The van der Waals surface area contributed by atoms with E-state index in [0.717, 1.165) is 19.1 Å². The maximum absolute atomic E-state index is 11.5. The first-order chi connectivity index (χ1) is 6.52. The molecule has 3 nitrogen and oxygen atoms in total. The van der Waals surface area contributed by atoms with Gasteiger partial charge in [0.15, 0.2) is 0 Å². The standard InChI is InChI=1S/C11H21NO2/c1-5-6-9(4)11(14)12-10(7-13)8(2)3/h7-10H,5-6H2,1-4H3,(H,12,14)/t9?,10-/m1/s1. The van der Waals surface area contributed by atoms with Crippen LogP contribution in [0.2, 0.25) is 0 Å². The fourth-order valence-corrected chi connectivity index (χ4v) is 1.23. The van der Waals surface area contributed by atoms with Crippen LogP contribution in [0, 0.1) is 11.8 Å². The molecule has 0 aromatic carbocycles. The predicted octanol–water partition coefficient (Wildman–Crippen LogP) is 1.76. The summed E-state index contributed by atoms with van der Waals surface area (Å²) in [5.74, 6) is 0.143. The molecule has 0 fully saturated rings. The van der Waals surface area contributed by atoms with Crippen LogP contribution >= 0.6 is 0 Å². The zero-order valence-corrected chi connectivity index (χ0v) is 9.54. The van der Waals surface area contributed by atoms with Gasteiger partial charge in [0, 0.05) is 5.92 Å². The monoisotopic (exact) mass is 199 g/mol. The van der Waals surface area contributed by atoms with Crippen LogP contribution in [-0.4, -0.2) is 18.2 Å². The predicted molar refractivity (Wildman–Crippen MR) is 56.9 cm³/mol. The van der Waals surface area contributed by atoms with Gasteiger partial charge < -0.3 is 10.1 Å². The first-order valence-corrected chi connectivity index (χ1v) is 5.28. The van der Waals surface area contributed by atoms with Crippen LogP contribution in [0.5, 0.6) is 0 Å². The Labute approximate surface area is 86.3 Å². The second kappa shape index (κ2) is 6.57. The lowest BCUT2D eigenvalue weighted by Crippen LogP contribution is -2.42. The van der Waals surface area contributed by atoms with E-state index in [-0.39, 0.29) is 23.8 Å². The van der Waals surface area contributed by atoms with Gasteiger partial charge in [-0.15, -0.1) is 0 Å². The second-order valence-corrected chi connectivity index (χ2v) is 4.10. The maximum atomic E-state index is 11.5. The van der Waals surface area contributed by atoms with Gasteiger partial charge in [0.2, 0.25) is 5.91 Å². The molecule has 2 atom stereocenters. The number of amides is 1. The van der Waals surface area contributed by atoms with Crippen molar-refractivity contribution in [3.63, 3.8) is 0 Å². The van der Waals surface area contributed by atoms with Gasteiger partial charge in [0.25, 0.3) is 0 Å². The highest BCUT2D eigenvalue weighted by atomic mass is 16.2. The van der Waals surface area contributed by atoms with Crippen LogP contribution in [0.1, 0.15) is 40.5 Å². The van der Waals surface area contributed by atoms with Crippen molar-refractivity contribution >= 4 is 12.2 Å². The van der Waals surface area contributed by atoms with E-state index in [9.17, 15) is 9.59 Å². The summed E-state index contributed by atoms with van der Waals surface area (Å²) in [5, 5.41) is 2.74. The van der Waals surface area contributed by atoms with Crippen molar-refractivity contribution in [2.45, 2.75) is 46.6 Å². The summed E-state index contributed by atoms with van der Waals surface area (Å²) in [5.41, 5.74) is 0. The lowest BCUT2D eigenvalue weighted by atomic mass is 10.0. The Morgan fingerprint density at radius 1 is 1.36 bits per heavy atom. The molecule has 0 heterocycles. The Morgan fingerprint density at radius 3 is 2.29 bits per heavy atom. The van der Waals surface area contributed by atoms with Crippen molar-refractivity contribution in [3.05, 3.63) is 0 Å². The molecule has 0 aromatic rings. The molecule has 14 heavy (non-hydrogen) atoms. The van der Waals surface area contributed by atoms with Gasteiger partial charge in [-0.1, -0.05) is 34.1 Å². The zero-order chi connectivity index (χ0) is 11.1. The smallest absolute Gasteiger partial charge is 0.223 e. The molecular weight excluding hydrogens is 178 g/mol. The summed E-state index contributed by atoms with van der Waals surface area (Å²) in [6.45, 7) is 7.78. The molecule has 0 rings (SSSR count). The molecule has 0 saturated heterocycles. The first-order valence-electron chi connectivity index (χ1n) is 5.28. The maximum Gasteiger partial charge on any atom is 0.223 e. The fourth-order valence-electron chi connectivity index (χ4n) is 1.23. The number of hydrogen-bond donors (Lipinski definition) is 1. The largest absolute Gasteiger partial charge is 0.346 e. The van der Waals surface area contributed by atoms with Crippen LogP contribution in [0.3, 0.4) is 0 Å². The van der Waals surface area contributed by atoms with Gasteiger partial charge in [0.05, 0.1) is 6.04 Å². The van der Waals surface area contributed by atoms with Crippen molar-refractivity contribution in [2.75, 3.05) is 0 Å². The van der Waals surface area contributed by atoms with Gasteiger partial charge in [-0.25, -0.2) is 0 Å². The van der Waals surface area contributed by atoms with Crippen molar-refractivity contribution in [3.8, 4) is 0 Å². The molecule has 0 aliphatic carbocycles. The van der Waals surface area contributed by atoms with Crippen LogP contribution in [0.25, 0.3) is 0 Å². The van der Waals surface area contributed by atoms with Crippen molar-refractivity contribution in [1.82, 2.24) is 5.32 Å². The Morgan fingerprint density at radius 2 is 1.93 bits per heavy atom. The van der Waals surface area contributed by atoms with E-state index in [1.807, 2.05) is 27.7 Å². The van der Waals surface area contributed by atoms with Crippen molar-refractivity contribution in [1.29, 1.82) is 0 Å². The minimum atomic E-state index is -0.346. The highest BCUT2D eigenvalue weighted by molar-refractivity contribution is 5.81. The van der Waals surface area contributed by atoms with Crippen LogP contribution in [0.15, 0.2) is 0 Å². The van der Waals surface area contributed by atoms with Gasteiger partial charge in [-0.2, -0.15) is 0 Å². The summed E-state index contributed by atoms with van der Waals surface area (Å²) in [4.78, 5) is 22.2. The SMILES string of the molecule is CCCC(C)C(=O)N[C@H](C=O)C(C)C. The third kappa shape index (κ3) is 4.40. The molecule has 0 spiro atoms. The van der Waals surface area contributed by atoms with Crippen molar-refractivity contribution < 1.29 is 9.59 Å². The first kappa shape index (κ1) is 13.1. The number of rotatable bonds is 6. The Balaban J connectivity index is 4.08. The molecule has 1 amide bonds. The summed E-state index contributed by atoms with van der Waals surface area (Å²) >= 11 is 0. The summed E-state index contributed by atoms with van der Waals surface area (Å²) < 4.78 is 0. The summed E-state index contributed by atoms with van der Waals surface area (Å²) in [6, 6.07) is -0.346. The van der Waals surface area contributed by atoms with E-state index < -0.39 is 0 Å². The zero-order valence-electron chi connectivity index (χ0n) is 9.54. The van der Waals surface area contributed by atoms with E-state index in [1.165, 1.54) is 0 Å². The van der Waals surface area contributed by atoms with Crippen molar-refractivity contribution in [2.24, 2.45) is 11.8 Å². The van der Waals surface area contributed by atoms with E-state index >= 15 is 0 Å². The van der Waals surface area contributed by atoms with Gasteiger partial charge in [-0.05, 0) is 12.3 Å². The molecule has 0 aliphatic rings. The summed E-state index contributed by atoms with van der Waals surface area (Å²) in [7, 11) is 0. The van der Waals surface area contributed by atoms with E-state index in [1.54, 1.807) is 0 Å². The number of carbonyl (C=O) groups excluding carboxylic acids is 2. The van der Waals surface area contributed by atoms with Crippen LogP contribution in [-0.2, 0) is 9.59 Å². The molecule has 0 saturated carbocycles. The number of hydrogen-bond acceptors (Lipinski definition) is 2. The lowest BCUT2D eigenvalue weighted by Gasteiger charge is -2.18. The topological polar surface area (TPSA) is 46.2 Å². The Bertz CT molecular complexity index is 190. The average Bonchev–Trinajstić information content (AvgIpc) is 2.13. The third-order valence-electron chi connectivity index (χ3n) is 2.34. The fraction of sp³-hybridized carbons (Fsp3) is 0.818. The molecule has 0 bridgehead atoms. The van der Waals surface area contributed by atoms with Crippen LogP contribution < -0.4 is 5.32 Å². The molecule has 0 aliphatic heterocycles. The molecule has 82 valence electrons. The molecule has 1 unspecified atom stereocenters. The Hall–Kier alpha value is -0.860. The highest BCUT2D eigenvalue weighted by Gasteiger charge is 2.18. The molecular formula is C11H21NO2. The Kier molecular flexibility index (Phi) is 6.17. The number of aldehydes is 1. The third-order valence-corrected chi connectivity index (χ3v) is 2.34. The number of nitrogens with one attached hydrogen (secondary N) is 1. The van der Waals surface area contributed by atoms with Gasteiger partial charge >= 0.3 is 0 Å². The lowest BCUT2D eigenvalue weighted by molar-refractivity contribution is -0.127. The highest BCUT2D eigenvalue weighted by Crippen LogP contribution is 2.06. The second-order valence-electron chi connectivity index (χ2n) is 4.10. The minimum Gasteiger partial charge on any atom is -0.346 e. The minimum absolute atomic E-state index is 0.00111. The molecule has 0 radical (unpaired) electrons. The van der Waals surface area contributed by atoms with E-state index in [2.05, 4.69) is 5.32 Å². The average molecular weight is 199 g/mol.